The van der Waals surface area contributed by atoms with Crippen LogP contribution < -0.4 is 5.32 Å². The van der Waals surface area contributed by atoms with Crippen LogP contribution in [0.1, 0.15) is 26.8 Å². The Hall–Kier alpha value is -2.66. The first-order chi connectivity index (χ1) is 15.1. The minimum atomic E-state index is -0.215. The molecule has 1 saturated heterocycles. The van der Waals surface area contributed by atoms with Crippen molar-refractivity contribution in [1.82, 2.24) is 24.8 Å². The van der Waals surface area contributed by atoms with Gasteiger partial charge in [-0.1, -0.05) is 6.07 Å². The Morgan fingerprint density at radius 1 is 1.23 bits per heavy atom. The van der Waals surface area contributed by atoms with E-state index in [1.165, 1.54) is 11.3 Å². The summed E-state index contributed by atoms with van der Waals surface area (Å²) >= 11 is 3.03. The molecule has 1 aliphatic rings. The molecule has 4 aromatic rings. The van der Waals surface area contributed by atoms with Gasteiger partial charge in [0, 0.05) is 25.0 Å². The zero-order chi connectivity index (χ0) is 21.4. The minimum absolute atomic E-state index is 0.215. The average Bonchev–Trinajstić information content (AvgIpc) is 3.46. The van der Waals surface area contributed by atoms with Crippen molar-refractivity contribution < 1.29 is 9.53 Å². The van der Waals surface area contributed by atoms with E-state index in [1.807, 2.05) is 31.4 Å². The van der Waals surface area contributed by atoms with Crippen LogP contribution in [0.25, 0.3) is 21.7 Å². The van der Waals surface area contributed by atoms with Crippen LogP contribution in [0.5, 0.6) is 0 Å². The average molecular weight is 455 g/mol. The zero-order valence-corrected chi connectivity index (χ0v) is 18.9. The van der Waals surface area contributed by atoms with Gasteiger partial charge in [-0.15, -0.1) is 22.7 Å². The summed E-state index contributed by atoms with van der Waals surface area (Å²) in [5.41, 5.74) is 3.87. The lowest BCUT2D eigenvalue weighted by molar-refractivity contribution is 0.0337. The quantitative estimate of drug-likeness (QED) is 0.476. The summed E-state index contributed by atoms with van der Waals surface area (Å²) in [5, 5.41) is 6.51. The van der Waals surface area contributed by atoms with Gasteiger partial charge >= 0.3 is 0 Å². The number of carbonyl (C=O) groups excluding carboxylic acids is 1. The normalized spacial score (nSPS) is 14.9. The van der Waals surface area contributed by atoms with Gasteiger partial charge in [-0.25, -0.2) is 15.0 Å². The molecule has 1 aromatic carbocycles. The van der Waals surface area contributed by atoms with Crippen LogP contribution in [0.15, 0.2) is 23.6 Å². The molecule has 31 heavy (non-hydrogen) atoms. The van der Waals surface area contributed by atoms with E-state index < -0.39 is 0 Å². The Kier molecular flexibility index (Phi) is 5.53. The van der Waals surface area contributed by atoms with Crippen molar-refractivity contribution in [1.29, 1.82) is 0 Å². The largest absolute Gasteiger partial charge is 0.379 e. The number of aromatic nitrogens is 4. The summed E-state index contributed by atoms with van der Waals surface area (Å²) in [6.07, 6.45) is 0. The number of ether oxygens (including phenoxy) is 1. The molecule has 0 bridgehead atoms. The van der Waals surface area contributed by atoms with Gasteiger partial charge in [-0.2, -0.15) is 0 Å². The highest BCUT2D eigenvalue weighted by Crippen LogP contribution is 2.30. The molecule has 8 nitrogen and oxygen atoms in total. The maximum atomic E-state index is 13.0. The van der Waals surface area contributed by atoms with Crippen molar-refractivity contribution in [2.24, 2.45) is 0 Å². The Bertz CT molecular complexity index is 1240. The number of hydrogen-bond acceptors (Lipinski definition) is 8. The van der Waals surface area contributed by atoms with Crippen molar-refractivity contribution in [3.05, 3.63) is 45.5 Å². The molecule has 0 saturated carbocycles. The number of rotatable bonds is 5. The van der Waals surface area contributed by atoms with Crippen molar-refractivity contribution in [3.8, 4) is 10.7 Å². The van der Waals surface area contributed by atoms with Crippen LogP contribution in [0.2, 0.25) is 0 Å². The fourth-order valence-electron chi connectivity index (χ4n) is 3.66. The number of imidazole rings is 1. The van der Waals surface area contributed by atoms with Crippen molar-refractivity contribution in [2.75, 3.05) is 31.6 Å². The number of thiazole rings is 2. The van der Waals surface area contributed by atoms with Crippen molar-refractivity contribution in [2.45, 2.75) is 20.4 Å². The first-order valence-electron chi connectivity index (χ1n) is 10.1. The summed E-state index contributed by atoms with van der Waals surface area (Å²) in [6, 6.07) is 5.57. The number of H-pyrrole nitrogens is 1. The third kappa shape index (κ3) is 4.24. The van der Waals surface area contributed by atoms with Crippen LogP contribution in [0, 0.1) is 13.8 Å². The summed E-state index contributed by atoms with van der Waals surface area (Å²) in [5.74, 6) is 0.522. The van der Waals surface area contributed by atoms with E-state index in [2.05, 4.69) is 25.2 Å². The second-order valence-corrected chi connectivity index (χ2v) is 9.48. The number of fused-ring (bicyclic) bond motifs is 1. The molecule has 1 fully saturated rings. The molecule has 0 spiro atoms. The molecule has 4 heterocycles. The molecule has 2 N–H and O–H groups in total. The van der Waals surface area contributed by atoms with E-state index in [0.29, 0.717) is 16.2 Å². The first-order valence-corrected chi connectivity index (χ1v) is 11.8. The lowest BCUT2D eigenvalue weighted by Crippen LogP contribution is -2.35. The number of anilines is 1. The maximum absolute atomic E-state index is 13.0. The summed E-state index contributed by atoms with van der Waals surface area (Å²) in [6.45, 7) is 8.03. The fourth-order valence-corrected chi connectivity index (χ4v) is 5.22. The predicted octanol–water partition coefficient (Wildman–Crippen LogP) is 3.84. The van der Waals surface area contributed by atoms with Crippen LogP contribution in [-0.2, 0) is 11.3 Å². The summed E-state index contributed by atoms with van der Waals surface area (Å²) in [7, 11) is 0. The molecule has 1 aliphatic heterocycles. The Balaban J connectivity index is 1.36. The van der Waals surface area contributed by atoms with Crippen LogP contribution in [0.4, 0.5) is 5.13 Å². The Morgan fingerprint density at radius 3 is 2.84 bits per heavy atom. The number of amides is 1. The highest BCUT2D eigenvalue weighted by Gasteiger charge is 2.18. The molecular weight excluding hydrogens is 432 g/mol. The lowest BCUT2D eigenvalue weighted by atomic mass is 10.2. The highest BCUT2D eigenvalue weighted by molar-refractivity contribution is 7.15. The number of carbonyl (C=O) groups is 1. The van der Waals surface area contributed by atoms with Crippen molar-refractivity contribution in [3.63, 3.8) is 0 Å². The fraction of sp³-hybridized carbons (Fsp3) is 0.333. The maximum Gasteiger partial charge on any atom is 0.259 e. The lowest BCUT2D eigenvalue weighted by Gasteiger charge is -2.25. The standard InChI is InChI=1S/C21H22N6O2S2/c1-12-18(31-13(2)22-12)19-24-16-5-3-4-15(17(16)25-19)20(28)26-21-23-14(11-30-21)10-27-6-8-29-9-7-27/h3-5,11H,6-10H2,1-2H3,(H,24,25)(H,23,26,28). The van der Waals surface area contributed by atoms with Crippen LogP contribution >= 0.6 is 22.7 Å². The van der Waals surface area contributed by atoms with Gasteiger partial charge in [0.2, 0.25) is 0 Å². The van der Waals surface area contributed by atoms with E-state index in [4.69, 9.17) is 9.72 Å². The van der Waals surface area contributed by atoms with Gasteiger partial charge in [-0.05, 0) is 26.0 Å². The van der Waals surface area contributed by atoms with Gasteiger partial charge in [0.15, 0.2) is 11.0 Å². The topological polar surface area (TPSA) is 96.0 Å². The molecular formula is C21H22N6O2S2. The number of para-hydroxylation sites is 1. The van der Waals surface area contributed by atoms with E-state index in [-0.39, 0.29) is 5.91 Å². The van der Waals surface area contributed by atoms with Crippen LogP contribution in [-0.4, -0.2) is 57.0 Å². The van der Waals surface area contributed by atoms with Gasteiger partial charge in [-0.3, -0.25) is 15.0 Å². The molecule has 0 atom stereocenters. The summed E-state index contributed by atoms with van der Waals surface area (Å²) in [4.78, 5) is 33.4. The number of benzene rings is 1. The molecule has 3 aromatic heterocycles. The van der Waals surface area contributed by atoms with Gasteiger partial charge in [0.1, 0.15) is 5.52 Å². The monoisotopic (exact) mass is 454 g/mol. The molecule has 1 amide bonds. The molecule has 160 valence electrons. The Labute approximate surface area is 187 Å². The van der Waals surface area contributed by atoms with Crippen LogP contribution in [0.3, 0.4) is 0 Å². The molecule has 5 rings (SSSR count). The number of aromatic amines is 1. The highest BCUT2D eigenvalue weighted by atomic mass is 32.1. The van der Waals surface area contributed by atoms with Gasteiger partial charge in [0.25, 0.3) is 5.91 Å². The second kappa shape index (κ2) is 8.46. The molecule has 0 unspecified atom stereocenters. The number of hydrogen-bond donors (Lipinski definition) is 2. The number of nitrogens with one attached hydrogen (secondary N) is 2. The molecule has 0 aliphatic carbocycles. The molecule has 10 heteroatoms. The van der Waals surface area contributed by atoms with Crippen molar-refractivity contribution >= 4 is 44.7 Å². The van der Waals surface area contributed by atoms with E-state index in [0.717, 1.165) is 65.5 Å². The third-order valence-corrected chi connectivity index (χ3v) is 7.02. The zero-order valence-electron chi connectivity index (χ0n) is 17.3. The minimum Gasteiger partial charge on any atom is -0.379 e. The number of aryl methyl sites for hydroxylation is 2. The van der Waals surface area contributed by atoms with Gasteiger partial charge < -0.3 is 9.72 Å². The van der Waals surface area contributed by atoms with E-state index in [9.17, 15) is 4.79 Å². The predicted molar refractivity (Wildman–Crippen MR) is 123 cm³/mol. The number of nitrogens with zero attached hydrogens (tertiary/aromatic N) is 4. The second-order valence-electron chi connectivity index (χ2n) is 7.42. The number of morpholine rings is 1. The van der Waals surface area contributed by atoms with E-state index >= 15 is 0 Å². The first kappa shape index (κ1) is 20.3. The molecule has 0 radical (unpaired) electrons. The SMILES string of the molecule is Cc1nc(C)c(-c2nc3c(C(=O)Nc4nc(CN5CCOCC5)cs4)cccc3[nH]2)s1. The third-order valence-electron chi connectivity index (χ3n) is 5.14. The summed E-state index contributed by atoms with van der Waals surface area (Å²) < 4.78 is 5.39. The van der Waals surface area contributed by atoms with Gasteiger partial charge in [0.05, 0.1) is 45.6 Å². The smallest absolute Gasteiger partial charge is 0.259 e. The Morgan fingerprint density at radius 2 is 2.06 bits per heavy atom. The van der Waals surface area contributed by atoms with E-state index in [1.54, 1.807) is 17.4 Å².